The van der Waals surface area contributed by atoms with E-state index >= 15 is 0 Å². The summed E-state index contributed by atoms with van der Waals surface area (Å²) in [5.74, 6) is 0. The van der Waals surface area contributed by atoms with E-state index in [2.05, 4.69) is 36.2 Å². The van der Waals surface area contributed by atoms with Gasteiger partial charge in [0.15, 0.2) is 0 Å². The fourth-order valence-corrected chi connectivity index (χ4v) is 2.43. The minimum atomic E-state index is 0.529. The van der Waals surface area contributed by atoms with E-state index in [9.17, 15) is 0 Å². The molecule has 3 aromatic heterocycles. The molecular weight excluding hydrogens is 318 g/mol. The zero-order valence-electron chi connectivity index (χ0n) is 10.6. The van der Waals surface area contributed by atoms with E-state index in [1.807, 2.05) is 25.2 Å². The van der Waals surface area contributed by atoms with Gasteiger partial charge in [-0.15, -0.1) is 0 Å². The van der Waals surface area contributed by atoms with Crippen LogP contribution in [0.2, 0.25) is 0 Å². The van der Waals surface area contributed by atoms with Gasteiger partial charge in [0.2, 0.25) is 5.69 Å². The third-order valence-electron chi connectivity index (χ3n) is 3.00. The zero-order chi connectivity index (χ0) is 14.1. The average Bonchev–Trinajstić information content (AvgIpc) is 2.90. The maximum absolute atomic E-state index is 7.02. The van der Waals surface area contributed by atoms with Crippen molar-refractivity contribution in [3.05, 3.63) is 52.5 Å². The molecular formula is C14H10BrN5. The number of nitrogens with one attached hydrogen (secondary N) is 1. The molecule has 0 fully saturated rings. The van der Waals surface area contributed by atoms with Crippen molar-refractivity contribution in [1.82, 2.24) is 14.6 Å². The third kappa shape index (κ3) is 2.02. The summed E-state index contributed by atoms with van der Waals surface area (Å²) in [5, 5.41) is 7.40. The van der Waals surface area contributed by atoms with Crippen molar-refractivity contribution in [3.8, 4) is 11.4 Å². The lowest BCUT2D eigenvalue weighted by Crippen LogP contribution is -1.96. The van der Waals surface area contributed by atoms with Crippen LogP contribution in [-0.4, -0.2) is 21.6 Å². The number of fused-ring (bicyclic) bond motifs is 1. The van der Waals surface area contributed by atoms with Gasteiger partial charge in [0.1, 0.15) is 0 Å². The maximum atomic E-state index is 7.02. The number of halogens is 1. The molecule has 0 saturated heterocycles. The van der Waals surface area contributed by atoms with E-state index in [1.54, 1.807) is 23.0 Å². The van der Waals surface area contributed by atoms with Crippen molar-refractivity contribution in [1.29, 1.82) is 0 Å². The summed E-state index contributed by atoms with van der Waals surface area (Å²) >= 11 is 3.44. The van der Waals surface area contributed by atoms with Gasteiger partial charge in [-0.1, -0.05) is 0 Å². The molecule has 0 saturated carbocycles. The van der Waals surface area contributed by atoms with Crippen LogP contribution in [0.1, 0.15) is 0 Å². The smallest absolute Gasteiger partial charge is 0.208 e. The number of hydrogen-bond donors (Lipinski definition) is 1. The second-order valence-electron chi connectivity index (χ2n) is 4.18. The SMILES string of the molecule is [C-]#[N+]c1cnn2c(-c3cc(NC)c(Br)cn3)ccc2c1. The highest BCUT2D eigenvalue weighted by Crippen LogP contribution is 2.28. The highest BCUT2D eigenvalue weighted by atomic mass is 79.9. The first-order chi connectivity index (χ1) is 9.72. The van der Waals surface area contributed by atoms with Crippen molar-refractivity contribution in [2.75, 3.05) is 12.4 Å². The van der Waals surface area contributed by atoms with Crippen LogP contribution in [0.25, 0.3) is 21.7 Å². The number of hydrogen-bond acceptors (Lipinski definition) is 3. The van der Waals surface area contributed by atoms with Crippen LogP contribution in [0.5, 0.6) is 0 Å². The lowest BCUT2D eigenvalue weighted by Gasteiger charge is -2.06. The van der Waals surface area contributed by atoms with Crippen LogP contribution in [0.15, 0.2) is 41.1 Å². The Hall–Kier alpha value is -2.39. The van der Waals surface area contributed by atoms with E-state index < -0.39 is 0 Å². The highest BCUT2D eigenvalue weighted by molar-refractivity contribution is 9.10. The van der Waals surface area contributed by atoms with Gasteiger partial charge in [-0.3, -0.25) is 4.98 Å². The van der Waals surface area contributed by atoms with Crippen LogP contribution in [0.3, 0.4) is 0 Å². The molecule has 0 aliphatic carbocycles. The van der Waals surface area contributed by atoms with E-state index in [-0.39, 0.29) is 0 Å². The molecule has 6 heteroatoms. The van der Waals surface area contributed by atoms with E-state index in [1.165, 1.54) is 0 Å². The Bertz CT molecular complexity index is 831. The number of anilines is 1. The lowest BCUT2D eigenvalue weighted by molar-refractivity contribution is 0.946. The Kier molecular flexibility index (Phi) is 3.12. The summed E-state index contributed by atoms with van der Waals surface area (Å²) in [6.07, 6.45) is 3.31. The van der Waals surface area contributed by atoms with Crippen molar-refractivity contribution in [3.63, 3.8) is 0 Å². The molecule has 3 aromatic rings. The molecule has 0 spiro atoms. The van der Waals surface area contributed by atoms with Gasteiger partial charge in [-0.05, 0) is 40.2 Å². The summed E-state index contributed by atoms with van der Waals surface area (Å²) in [4.78, 5) is 7.80. The topological polar surface area (TPSA) is 46.6 Å². The van der Waals surface area contributed by atoms with E-state index in [0.717, 1.165) is 27.1 Å². The predicted octanol–water partition coefficient (Wildman–Crippen LogP) is 3.75. The van der Waals surface area contributed by atoms with Crippen LogP contribution >= 0.6 is 15.9 Å². The molecule has 0 aliphatic heterocycles. The van der Waals surface area contributed by atoms with Gasteiger partial charge in [0, 0.05) is 13.2 Å². The van der Waals surface area contributed by atoms with Crippen molar-refractivity contribution in [2.45, 2.75) is 0 Å². The van der Waals surface area contributed by atoms with E-state index in [4.69, 9.17) is 6.57 Å². The second kappa shape index (κ2) is 4.94. The van der Waals surface area contributed by atoms with Gasteiger partial charge in [-0.2, -0.15) is 5.10 Å². The van der Waals surface area contributed by atoms with Crippen LogP contribution in [-0.2, 0) is 0 Å². The molecule has 0 radical (unpaired) electrons. The molecule has 0 aromatic carbocycles. The maximum Gasteiger partial charge on any atom is 0.208 e. The number of aromatic nitrogens is 3. The molecule has 5 nitrogen and oxygen atoms in total. The normalized spacial score (nSPS) is 10.4. The van der Waals surface area contributed by atoms with Crippen molar-refractivity contribution in [2.24, 2.45) is 0 Å². The first-order valence-electron chi connectivity index (χ1n) is 5.92. The minimum absolute atomic E-state index is 0.529. The largest absolute Gasteiger partial charge is 0.387 e. The molecule has 0 unspecified atom stereocenters. The van der Waals surface area contributed by atoms with Crippen molar-refractivity contribution >= 4 is 32.8 Å². The summed E-state index contributed by atoms with van der Waals surface area (Å²) in [5.41, 5.74) is 4.08. The second-order valence-corrected chi connectivity index (χ2v) is 5.03. The van der Waals surface area contributed by atoms with Crippen LogP contribution in [0, 0.1) is 6.57 Å². The molecule has 0 atom stereocenters. The summed E-state index contributed by atoms with van der Waals surface area (Å²) in [7, 11) is 1.86. The Morgan fingerprint density at radius 1 is 1.30 bits per heavy atom. The Morgan fingerprint density at radius 2 is 2.15 bits per heavy atom. The molecule has 98 valence electrons. The number of nitrogens with zero attached hydrogens (tertiary/aromatic N) is 4. The summed E-state index contributed by atoms with van der Waals surface area (Å²) in [6, 6.07) is 7.64. The van der Waals surface area contributed by atoms with Gasteiger partial charge in [-0.25, -0.2) is 9.36 Å². The Labute approximate surface area is 124 Å². The van der Waals surface area contributed by atoms with Crippen molar-refractivity contribution < 1.29 is 0 Å². The van der Waals surface area contributed by atoms with Crippen LogP contribution in [0.4, 0.5) is 11.4 Å². The number of rotatable bonds is 2. The Morgan fingerprint density at radius 3 is 2.90 bits per heavy atom. The van der Waals surface area contributed by atoms with Gasteiger partial charge in [0.05, 0.1) is 39.8 Å². The van der Waals surface area contributed by atoms with Gasteiger partial charge < -0.3 is 5.32 Å². The summed E-state index contributed by atoms with van der Waals surface area (Å²) < 4.78 is 2.69. The molecule has 1 N–H and O–H groups in total. The first-order valence-corrected chi connectivity index (χ1v) is 6.71. The molecule has 0 aliphatic rings. The first kappa shape index (κ1) is 12.6. The standard InChI is InChI=1S/C14H10BrN5/c1-16-9-5-10-3-4-14(20(10)19-7-9)13-6-12(17-2)11(15)8-18-13/h3-8H,2H3,(H,17,18). The van der Waals surface area contributed by atoms with Crippen LogP contribution < -0.4 is 5.32 Å². The third-order valence-corrected chi connectivity index (χ3v) is 3.63. The fourth-order valence-electron chi connectivity index (χ4n) is 2.01. The minimum Gasteiger partial charge on any atom is -0.387 e. The molecule has 3 rings (SSSR count). The lowest BCUT2D eigenvalue weighted by atomic mass is 10.2. The molecule has 0 amide bonds. The van der Waals surface area contributed by atoms with Gasteiger partial charge in [0.25, 0.3) is 0 Å². The summed E-state index contributed by atoms with van der Waals surface area (Å²) in [6.45, 7) is 7.02. The monoisotopic (exact) mass is 327 g/mol. The average molecular weight is 328 g/mol. The fraction of sp³-hybridized carbons (Fsp3) is 0.0714. The number of pyridine rings is 1. The molecule has 0 bridgehead atoms. The molecule has 20 heavy (non-hydrogen) atoms. The molecule has 3 heterocycles. The zero-order valence-corrected chi connectivity index (χ0v) is 12.2. The Balaban J connectivity index is 2.18. The highest BCUT2D eigenvalue weighted by Gasteiger charge is 2.09. The van der Waals surface area contributed by atoms with Gasteiger partial charge >= 0.3 is 0 Å². The van der Waals surface area contributed by atoms with E-state index in [0.29, 0.717) is 5.69 Å². The predicted molar refractivity (Wildman–Crippen MR) is 81.9 cm³/mol. The quantitative estimate of drug-likeness (QED) is 0.729.